The predicted molar refractivity (Wildman–Crippen MR) is 70.8 cm³/mol. The molecule has 2 rings (SSSR count). The lowest BCUT2D eigenvalue weighted by Gasteiger charge is -2.20. The van der Waals surface area contributed by atoms with Crippen molar-refractivity contribution in [3.63, 3.8) is 0 Å². The zero-order valence-corrected chi connectivity index (χ0v) is 11.0. The minimum Gasteiger partial charge on any atom is -0.486 e. The van der Waals surface area contributed by atoms with E-state index < -0.39 is 0 Å². The number of aliphatic hydroxyl groups excluding tert-OH is 1. The quantitative estimate of drug-likeness (QED) is 0.652. The molecular weight excluding hydrogens is 244 g/mol. The van der Waals surface area contributed by atoms with Gasteiger partial charge in [0.15, 0.2) is 0 Å². The zero-order chi connectivity index (χ0) is 13.7. The van der Waals surface area contributed by atoms with Crippen molar-refractivity contribution in [2.45, 2.75) is 25.9 Å². The summed E-state index contributed by atoms with van der Waals surface area (Å²) in [6.07, 6.45) is 0.774. The number of benzene rings is 1. The average Bonchev–Trinajstić information content (AvgIpc) is 2.85. The Morgan fingerprint density at radius 3 is 2.74 bits per heavy atom. The maximum atomic E-state index is 11.6. The monoisotopic (exact) mass is 262 g/mol. The highest BCUT2D eigenvalue weighted by molar-refractivity contribution is 5.91. The molecule has 0 aromatic heterocycles. The molecule has 1 aromatic rings. The summed E-state index contributed by atoms with van der Waals surface area (Å²) < 4.78 is 10.8. The first-order valence-electron chi connectivity index (χ1n) is 6.41. The zero-order valence-electron chi connectivity index (χ0n) is 11.0. The number of hydrogen-bond acceptors (Lipinski definition) is 4. The standard InChI is InChI=1S/C15H18O4/c1-11(13-8-10-18-15(13)17)14(7-9-16)19-12-5-3-2-4-6-12/h2-6,14,16H,7-10H2,1H3/b13-11-/t14-/m0/s1. The number of esters is 1. The van der Waals surface area contributed by atoms with E-state index in [9.17, 15) is 4.79 Å². The van der Waals surface area contributed by atoms with Crippen molar-refractivity contribution in [3.8, 4) is 5.75 Å². The molecule has 1 fully saturated rings. The number of rotatable bonds is 5. The Morgan fingerprint density at radius 2 is 2.16 bits per heavy atom. The Kier molecular flexibility index (Phi) is 4.58. The highest BCUT2D eigenvalue weighted by Crippen LogP contribution is 2.24. The van der Waals surface area contributed by atoms with Gasteiger partial charge in [-0.3, -0.25) is 0 Å². The Labute approximate surface area is 112 Å². The predicted octanol–water partition coefficient (Wildman–Crippen LogP) is 2.08. The molecule has 102 valence electrons. The van der Waals surface area contributed by atoms with Gasteiger partial charge in [0.1, 0.15) is 11.9 Å². The van der Waals surface area contributed by atoms with E-state index in [4.69, 9.17) is 14.6 Å². The van der Waals surface area contributed by atoms with Gasteiger partial charge in [-0.2, -0.15) is 0 Å². The van der Waals surface area contributed by atoms with E-state index in [0.717, 1.165) is 11.3 Å². The van der Waals surface area contributed by atoms with Crippen LogP contribution in [0.2, 0.25) is 0 Å². The van der Waals surface area contributed by atoms with E-state index in [0.29, 0.717) is 25.0 Å². The molecule has 4 nitrogen and oxygen atoms in total. The fraction of sp³-hybridized carbons (Fsp3) is 0.400. The van der Waals surface area contributed by atoms with Gasteiger partial charge in [0.05, 0.1) is 6.61 Å². The number of aliphatic hydroxyl groups is 1. The minimum absolute atomic E-state index is 0.0111. The van der Waals surface area contributed by atoms with Crippen LogP contribution < -0.4 is 4.74 Å². The molecule has 1 N–H and O–H groups in total. The molecule has 0 amide bonds. The number of hydrogen-bond donors (Lipinski definition) is 1. The van der Waals surface area contributed by atoms with Crippen LogP contribution in [0.5, 0.6) is 5.75 Å². The van der Waals surface area contributed by atoms with Crippen LogP contribution in [0.3, 0.4) is 0 Å². The first kappa shape index (κ1) is 13.6. The molecule has 1 aliphatic rings. The Hall–Kier alpha value is -1.81. The topological polar surface area (TPSA) is 55.8 Å². The van der Waals surface area contributed by atoms with Gasteiger partial charge < -0.3 is 14.6 Å². The summed E-state index contributed by atoms with van der Waals surface area (Å²) in [5.74, 6) is 0.462. The van der Waals surface area contributed by atoms with Crippen LogP contribution in [-0.4, -0.2) is 30.4 Å². The van der Waals surface area contributed by atoms with Gasteiger partial charge in [0.2, 0.25) is 0 Å². The van der Waals surface area contributed by atoms with Crippen molar-refractivity contribution in [1.29, 1.82) is 0 Å². The first-order chi connectivity index (χ1) is 9.22. The molecular formula is C15H18O4. The van der Waals surface area contributed by atoms with Crippen LogP contribution in [0.1, 0.15) is 19.8 Å². The molecule has 1 atom stereocenters. The van der Waals surface area contributed by atoms with Crippen LogP contribution in [0.25, 0.3) is 0 Å². The summed E-state index contributed by atoms with van der Waals surface area (Å²) in [5.41, 5.74) is 1.52. The second kappa shape index (κ2) is 6.38. The summed E-state index contributed by atoms with van der Waals surface area (Å²) in [6, 6.07) is 9.40. The smallest absolute Gasteiger partial charge is 0.334 e. The van der Waals surface area contributed by atoms with Crippen molar-refractivity contribution in [2.75, 3.05) is 13.2 Å². The molecule has 4 heteroatoms. The van der Waals surface area contributed by atoms with Crippen LogP contribution in [0.15, 0.2) is 41.5 Å². The van der Waals surface area contributed by atoms with Gasteiger partial charge in [0.25, 0.3) is 0 Å². The lowest BCUT2D eigenvalue weighted by atomic mass is 10.0. The molecule has 0 spiro atoms. The molecule has 1 aliphatic heterocycles. The van der Waals surface area contributed by atoms with Crippen LogP contribution >= 0.6 is 0 Å². The van der Waals surface area contributed by atoms with Crippen molar-refractivity contribution < 1.29 is 19.4 Å². The lowest BCUT2D eigenvalue weighted by molar-refractivity contribution is -0.135. The van der Waals surface area contributed by atoms with E-state index in [2.05, 4.69) is 0 Å². The summed E-state index contributed by atoms with van der Waals surface area (Å²) >= 11 is 0. The number of ether oxygens (including phenoxy) is 2. The molecule has 0 aliphatic carbocycles. The van der Waals surface area contributed by atoms with Gasteiger partial charge in [0, 0.05) is 25.0 Å². The van der Waals surface area contributed by atoms with Crippen molar-refractivity contribution in [2.24, 2.45) is 0 Å². The van der Waals surface area contributed by atoms with Crippen LogP contribution in [0, 0.1) is 0 Å². The maximum Gasteiger partial charge on any atom is 0.334 e. The lowest BCUT2D eigenvalue weighted by Crippen LogP contribution is -2.22. The highest BCUT2D eigenvalue weighted by atomic mass is 16.5. The normalized spacial score (nSPS) is 18.9. The molecule has 0 saturated carbocycles. The third-order valence-corrected chi connectivity index (χ3v) is 3.20. The highest BCUT2D eigenvalue weighted by Gasteiger charge is 2.25. The molecule has 1 saturated heterocycles. The molecule has 1 aromatic carbocycles. The molecule has 1 heterocycles. The van der Waals surface area contributed by atoms with Gasteiger partial charge in [-0.1, -0.05) is 18.2 Å². The van der Waals surface area contributed by atoms with Gasteiger partial charge in [-0.25, -0.2) is 4.79 Å². The molecule has 19 heavy (non-hydrogen) atoms. The Morgan fingerprint density at radius 1 is 1.42 bits per heavy atom. The molecule has 0 radical (unpaired) electrons. The van der Waals surface area contributed by atoms with Gasteiger partial charge in [-0.05, 0) is 24.6 Å². The van der Waals surface area contributed by atoms with E-state index in [1.54, 1.807) is 0 Å². The Bertz CT molecular complexity index is 464. The molecule has 0 unspecified atom stereocenters. The second-order valence-electron chi connectivity index (χ2n) is 4.48. The van der Waals surface area contributed by atoms with Crippen molar-refractivity contribution in [1.82, 2.24) is 0 Å². The second-order valence-corrected chi connectivity index (χ2v) is 4.48. The number of cyclic esters (lactones) is 1. The van der Waals surface area contributed by atoms with Crippen molar-refractivity contribution >= 4 is 5.97 Å². The average molecular weight is 262 g/mol. The fourth-order valence-corrected chi connectivity index (χ4v) is 2.13. The number of para-hydroxylation sites is 1. The minimum atomic E-state index is -0.298. The van der Waals surface area contributed by atoms with Crippen LogP contribution in [-0.2, 0) is 9.53 Å². The van der Waals surface area contributed by atoms with E-state index in [1.807, 2.05) is 37.3 Å². The van der Waals surface area contributed by atoms with Gasteiger partial charge in [-0.15, -0.1) is 0 Å². The molecule has 0 bridgehead atoms. The fourth-order valence-electron chi connectivity index (χ4n) is 2.13. The first-order valence-corrected chi connectivity index (χ1v) is 6.41. The maximum absolute atomic E-state index is 11.6. The van der Waals surface area contributed by atoms with Gasteiger partial charge >= 0.3 is 5.97 Å². The number of carbonyl (C=O) groups excluding carboxylic acids is 1. The van der Waals surface area contributed by atoms with Crippen LogP contribution in [0.4, 0.5) is 0 Å². The SMILES string of the molecule is C/C(=C1\CCOC1=O)[C@H](CCO)Oc1ccccc1. The van der Waals surface area contributed by atoms with Crippen molar-refractivity contribution in [3.05, 3.63) is 41.5 Å². The van der Waals surface area contributed by atoms with E-state index >= 15 is 0 Å². The third kappa shape index (κ3) is 3.35. The third-order valence-electron chi connectivity index (χ3n) is 3.20. The number of carbonyl (C=O) groups is 1. The van der Waals surface area contributed by atoms with E-state index in [-0.39, 0.29) is 18.7 Å². The largest absolute Gasteiger partial charge is 0.486 e. The summed E-state index contributed by atoms with van der Waals surface area (Å²) in [4.78, 5) is 11.6. The van der Waals surface area contributed by atoms with E-state index in [1.165, 1.54) is 0 Å². The summed E-state index contributed by atoms with van der Waals surface area (Å²) in [7, 11) is 0. The summed E-state index contributed by atoms with van der Waals surface area (Å²) in [6.45, 7) is 2.31. The Balaban J connectivity index is 2.18. The summed E-state index contributed by atoms with van der Waals surface area (Å²) in [5, 5.41) is 9.15.